The van der Waals surface area contributed by atoms with Crippen LogP contribution in [0.4, 0.5) is 17.2 Å². The summed E-state index contributed by atoms with van der Waals surface area (Å²) >= 11 is 0. The second-order valence-corrected chi connectivity index (χ2v) is 7.32. The van der Waals surface area contributed by atoms with E-state index in [1.165, 1.54) is 6.20 Å². The van der Waals surface area contributed by atoms with Crippen LogP contribution in [0.25, 0.3) is 0 Å². The fourth-order valence-corrected chi connectivity index (χ4v) is 3.79. The first-order valence-corrected chi connectivity index (χ1v) is 9.29. The normalized spacial score (nSPS) is 11.1. The number of hydrogen-bond donors (Lipinski definition) is 1. The van der Waals surface area contributed by atoms with Gasteiger partial charge in [0.25, 0.3) is 10.0 Å². The molecule has 3 rings (SSSR count). The van der Waals surface area contributed by atoms with Crippen LogP contribution >= 0.6 is 0 Å². The van der Waals surface area contributed by atoms with Crippen molar-refractivity contribution >= 4 is 27.2 Å². The summed E-state index contributed by atoms with van der Waals surface area (Å²) < 4.78 is 27.6. The average Bonchev–Trinajstić information content (AvgIpc) is 2.62. The van der Waals surface area contributed by atoms with Crippen molar-refractivity contribution in [1.82, 2.24) is 4.98 Å². The summed E-state index contributed by atoms with van der Waals surface area (Å²) in [5.74, 6) is 0.727. The number of benzene rings is 2. The van der Waals surface area contributed by atoms with Crippen molar-refractivity contribution in [3.63, 3.8) is 0 Å². The number of sulfonamides is 1. The Morgan fingerprint density at radius 3 is 2.24 bits per heavy atom. The number of rotatable bonds is 5. The number of nitrogens with zero attached hydrogens (tertiary/aromatic N) is 2. The van der Waals surface area contributed by atoms with Crippen LogP contribution in [-0.2, 0) is 10.0 Å². The Morgan fingerprint density at radius 1 is 0.920 bits per heavy atom. The number of aromatic nitrogens is 1. The fourth-order valence-electron chi connectivity index (χ4n) is 2.50. The highest BCUT2D eigenvalue weighted by molar-refractivity contribution is 7.92. The predicted octanol–water partition coefficient (Wildman–Crippen LogP) is 3.96. The van der Waals surface area contributed by atoms with Gasteiger partial charge in [-0.1, -0.05) is 36.4 Å². The lowest BCUT2D eigenvalue weighted by Crippen LogP contribution is -2.15. The van der Waals surface area contributed by atoms with E-state index in [0.717, 1.165) is 11.5 Å². The second-order valence-electron chi connectivity index (χ2n) is 5.67. The molecule has 0 aliphatic rings. The van der Waals surface area contributed by atoms with Gasteiger partial charge in [0.15, 0.2) is 0 Å². The van der Waals surface area contributed by atoms with Gasteiger partial charge in [-0.3, -0.25) is 4.72 Å². The van der Waals surface area contributed by atoms with Gasteiger partial charge in [-0.15, -0.1) is 0 Å². The highest BCUT2D eigenvalue weighted by Gasteiger charge is 2.16. The maximum absolute atomic E-state index is 12.5. The highest BCUT2D eigenvalue weighted by Crippen LogP contribution is 2.23. The van der Waals surface area contributed by atoms with E-state index in [-0.39, 0.29) is 4.90 Å². The molecular formula is C19H19N3O2S. The number of anilines is 3. The zero-order valence-electron chi connectivity index (χ0n) is 14.0. The van der Waals surface area contributed by atoms with E-state index in [1.807, 2.05) is 48.3 Å². The molecule has 2 aromatic carbocycles. The minimum Gasteiger partial charge on any atom is -0.329 e. The first-order valence-electron chi connectivity index (χ1n) is 7.81. The summed E-state index contributed by atoms with van der Waals surface area (Å²) in [5, 5.41) is 0. The molecule has 6 heteroatoms. The molecule has 0 saturated heterocycles. The molecule has 0 unspecified atom stereocenters. The van der Waals surface area contributed by atoms with Crippen molar-refractivity contribution in [2.24, 2.45) is 0 Å². The standard InChI is InChI=1S/C19H19N3O2S/c1-15-8-6-7-11-18(15)25(23,24)21-16-12-13-19(20-14-16)22(2)17-9-4-3-5-10-17/h3-14,21H,1-2H3. The zero-order chi connectivity index (χ0) is 17.9. The van der Waals surface area contributed by atoms with E-state index in [0.29, 0.717) is 11.3 Å². The second kappa shape index (κ2) is 6.94. The fraction of sp³-hybridized carbons (Fsp3) is 0.105. The molecule has 0 radical (unpaired) electrons. The van der Waals surface area contributed by atoms with E-state index in [9.17, 15) is 8.42 Å². The topological polar surface area (TPSA) is 62.3 Å². The molecule has 0 aliphatic heterocycles. The number of nitrogens with one attached hydrogen (secondary N) is 1. The summed E-state index contributed by atoms with van der Waals surface area (Å²) in [5.41, 5.74) is 2.13. The molecule has 25 heavy (non-hydrogen) atoms. The van der Waals surface area contributed by atoms with E-state index in [2.05, 4.69) is 9.71 Å². The highest BCUT2D eigenvalue weighted by atomic mass is 32.2. The quantitative estimate of drug-likeness (QED) is 0.754. The monoisotopic (exact) mass is 353 g/mol. The van der Waals surface area contributed by atoms with E-state index in [1.54, 1.807) is 37.3 Å². The van der Waals surface area contributed by atoms with E-state index >= 15 is 0 Å². The van der Waals surface area contributed by atoms with Crippen LogP contribution < -0.4 is 9.62 Å². The van der Waals surface area contributed by atoms with Gasteiger partial charge in [0.2, 0.25) is 0 Å². The van der Waals surface area contributed by atoms with Crippen molar-refractivity contribution in [2.45, 2.75) is 11.8 Å². The van der Waals surface area contributed by atoms with Crippen LogP contribution in [0.5, 0.6) is 0 Å². The number of pyridine rings is 1. The molecule has 1 heterocycles. The Bertz CT molecular complexity index is 955. The average molecular weight is 353 g/mol. The van der Waals surface area contributed by atoms with Gasteiger partial charge < -0.3 is 4.90 Å². The van der Waals surface area contributed by atoms with Gasteiger partial charge in [-0.2, -0.15) is 0 Å². The Kier molecular flexibility index (Phi) is 4.72. The summed E-state index contributed by atoms with van der Waals surface area (Å²) in [6.07, 6.45) is 1.52. The molecular weight excluding hydrogens is 334 g/mol. The van der Waals surface area contributed by atoms with Crippen molar-refractivity contribution in [3.05, 3.63) is 78.5 Å². The number of aryl methyl sites for hydroxylation is 1. The first-order chi connectivity index (χ1) is 12.0. The van der Waals surface area contributed by atoms with Crippen molar-refractivity contribution in [2.75, 3.05) is 16.7 Å². The summed E-state index contributed by atoms with van der Waals surface area (Å²) in [4.78, 5) is 6.55. The van der Waals surface area contributed by atoms with E-state index < -0.39 is 10.0 Å². The molecule has 0 spiro atoms. The third-order valence-electron chi connectivity index (χ3n) is 3.87. The van der Waals surface area contributed by atoms with Crippen LogP contribution in [0.15, 0.2) is 77.8 Å². The molecule has 0 saturated carbocycles. The molecule has 0 bridgehead atoms. The maximum Gasteiger partial charge on any atom is 0.262 e. The van der Waals surface area contributed by atoms with Crippen molar-refractivity contribution in [3.8, 4) is 0 Å². The van der Waals surface area contributed by atoms with Crippen LogP contribution in [0, 0.1) is 6.92 Å². The van der Waals surface area contributed by atoms with Gasteiger partial charge in [-0.25, -0.2) is 13.4 Å². The molecule has 5 nitrogen and oxygen atoms in total. The molecule has 1 N–H and O–H groups in total. The zero-order valence-corrected chi connectivity index (χ0v) is 14.9. The summed E-state index contributed by atoms with van der Waals surface area (Å²) in [7, 11) is -1.72. The van der Waals surface area contributed by atoms with Crippen LogP contribution in [0.1, 0.15) is 5.56 Å². The Balaban J connectivity index is 1.80. The van der Waals surface area contributed by atoms with Gasteiger partial charge in [-0.05, 0) is 42.8 Å². The molecule has 128 valence electrons. The van der Waals surface area contributed by atoms with Gasteiger partial charge in [0, 0.05) is 12.7 Å². The Morgan fingerprint density at radius 2 is 1.60 bits per heavy atom. The molecule has 1 aromatic heterocycles. The lowest BCUT2D eigenvalue weighted by atomic mass is 10.2. The van der Waals surface area contributed by atoms with Crippen LogP contribution in [0.2, 0.25) is 0 Å². The molecule has 0 fully saturated rings. The minimum atomic E-state index is -3.63. The maximum atomic E-state index is 12.5. The van der Waals surface area contributed by atoms with Crippen LogP contribution in [0.3, 0.4) is 0 Å². The summed E-state index contributed by atoms with van der Waals surface area (Å²) in [6, 6.07) is 20.2. The summed E-state index contributed by atoms with van der Waals surface area (Å²) in [6.45, 7) is 1.77. The largest absolute Gasteiger partial charge is 0.329 e. The minimum absolute atomic E-state index is 0.264. The van der Waals surface area contributed by atoms with Gasteiger partial charge >= 0.3 is 0 Å². The molecule has 3 aromatic rings. The first kappa shape index (κ1) is 17.0. The lowest BCUT2D eigenvalue weighted by molar-refractivity contribution is 0.600. The molecule has 0 amide bonds. The van der Waals surface area contributed by atoms with Gasteiger partial charge in [0.1, 0.15) is 5.82 Å². The Labute approximate surface area is 148 Å². The Hall–Kier alpha value is -2.86. The number of hydrogen-bond acceptors (Lipinski definition) is 4. The van der Waals surface area contributed by atoms with Crippen molar-refractivity contribution in [1.29, 1.82) is 0 Å². The third-order valence-corrected chi connectivity index (χ3v) is 5.41. The van der Waals surface area contributed by atoms with Crippen molar-refractivity contribution < 1.29 is 8.42 Å². The lowest BCUT2D eigenvalue weighted by Gasteiger charge is -2.18. The van der Waals surface area contributed by atoms with Gasteiger partial charge in [0.05, 0.1) is 16.8 Å². The number of para-hydroxylation sites is 1. The SMILES string of the molecule is Cc1ccccc1S(=O)(=O)Nc1ccc(N(C)c2ccccc2)nc1. The van der Waals surface area contributed by atoms with Crippen LogP contribution in [-0.4, -0.2) is 20.4 Å². The molecule has 0 aliphatic carbocycles. The molecule has 0 atom stereocenters. The predicted molar refractivity (Wildman–Crippen MR) is 101 cm³/mol. The van der Waals surface area contributed by atoms with E-state index in [4.69, 9.17) is 0 Å². The third kappa shape index (κ3) is 3.80. The smallest absolute Gasteiger partial charge is 0.262 e.